The maximum Gasteiger partial charge on any atom is 0.389 e. The minimum atomic E-state index is -4.18. The lowest BCUT2D eigenvalue weighted by Crippen LogP contribution is -2.25. The molecule has 1 aromatic rings. The van der Waals surface area contributed by atoms with Gasteiger partial charge in [-0.1, -0.05) is 12.1 Å². The van der Waals surface area contributed by atoms with E-state index in [9.17, 15) is 17.6 Å². The Hall–Kier alpha value is -0.750. The Balaban J connectivity index is 2.34. The maximum atomic E-state index is 13.2. The van der Waals surface area contributed by atoms with Crippen molar-refractivity contribution in [1.29, 1.82) is 0 Å². The summed E-state index contributed by atoms with van der Waals surface area (Å²) < 4.78 is 48.9. The first-order valence-corrected chi connectivity index (χ1v) is 6.07. The van der Waals surface area contributed by atoms with Crippen LogP contribution in [0.3, 0.4) is 0 Å². The van der Waals surface area contributed by atoms with E-state index in [1.54, 1.807) is 18.2 Å². The summed E-state index contributed by atoms with van der Waals surface area (Å²) in [6.07, 6.45) is -5.21. The fourth-order valence-electron chi connectivity index (χ4n) is 1.19. The van der Waals surface area contributed by atoms with Crippen LogP contribution in [0.4, 0.5) is 17.6 Å². The second kappa shape index (κ2) is 6.26. The van der Waals surface area contributed by atoms with E-state index in [-0.39, 0.29) is 18.0 Å². The Morgan fingerprint density at radius 3 is 2.47 bits per heavy atom. The van der Waals surface area contributed by atoms with Gasteiger partial charge in [0.2, 0.25) is 0 Å². The van der Waals surface area contributed by atoms with Gasteiger partial charge in [-0.2, -0.15) is 13.2 Å². The molecule has 0 aliphatic carbocycles. The number of rotatable bonds is 5. The van der Waals surface area contributed by atoms with Crippen LogP contribution >= 0.6 is 11.8 Å². The third-order valence-corrected chi connectivity index (χ3v) is 3.33. The average molecular weight is 267 g/mol. The lowest BCUT2D eigenvalue weighted by atomic mass is 10.2. The maximum absolute atomic E-state index is 13.2. The predicted octanol–water partition coefficient (Wildman–Crippen LogP) is 3.59. The first-order chi connectivity index (χ1) is 7.88. The van der Waals surface area contributed by atoms with Crippen molar-refractivity contribution in [2.24, 2.45) is 5.73 Å². The van der Waals surface area contributed by atoms with Gasteiger partial charge < -0.3 is 5.73 Å². The molecule has 96 valence electrons. The molecule has 0 radical (unpaired) electrons. The summed E-state index contributed by atoms with van der Waals surface area (Å²) in [5.41, 5.74) is 5.54. The Bertz CT molecular complexity index is 354. The largest absolute Gasteiger partial charge is 0.389 e. The second-order valence-corrected chi connectivity index (χ2v) is 4.72. The molecule has 0 saturated carbocycles. The normalized spacial score (nSPS) is 13.7. The molecule has 0 aliphatic rings. The molecule has 1 aromatic carbocycles. The SMILES string of the molecule is NC(CCC(F)(F)F)CSc1ccccc1F. The Labute approximate surface area is 101 Å². The Morgan fingerprint density at radius 2 is 1.88 bits per heavy atom. The van der Waals surface area contributed by atoms with Crippen LogP contribution in [0.15, 0.2) is 29.2 Å². The van der Waals surface area contributed by atoms with Crippen LogP contribution in [0.1, 0.15) is 12.8 Å². The summed E-state index contributed by atoms with van der Waals surface area (Å²) in [4.78, 5) is 0.412. The first kappa shape index (κ1) is 14.3. The molecule has 6 heteroatoms. The van der Waals surface area contributed by atoms with Gasteiger partial charge in [-0.05, 0) is 18.6 Å². The highest BCUT2D eigenvalue weighted by Gasteiger charge is 2.27. The fraction of sp³-hybridized carbons (Fsp3) is 0.455. The van der Waals surface area contributed by atoms with Crippen LogP contribution in [0.25, 0.3) is 0 Å². The van der Waals surface area contributed by atoms with E-state index in [0.29, 0.717) is 4.90 Å². The van der Waals surface area contributed by atoms with Crippen molar-refractivity contribution >= 4 is 11.8 Å². The molecule has 1 rings (SSSR count). The molecule has 2 N–H and O–H groups in total. The summed E-state index contributed by atoms with van der Waals surface area (Å²) >= 11 is 1.14. The van der Waals surface area contributed by atoms with Crippen LogP contribution in [-0.2, 0) is 0 Å². The van der Waals surface area contributed by atoms with Gasteiger partial charge in [-0.3, -0.25) is 0 Å². The van der Waals surface area contributed by atoms with E-state index in [4.69, 9.17) is 5.73 Å². The van der Waals surface area contributed by atoms with Gasteiger partial charge in [0, 0.05) is 23.1 Å². The molecule has 0 aliphatic heterocycles. The minimum Gasteiger partial charge on any atom is -0.327 e. The van der Waals surface area contributed by atoms with E-state index < -0.39 is 18.6 Å². The highest BCUT2D eigenvalue weighted by molar-refractivity contribution is 7.99. The third kappa shape index (κ3) is 5.93. The smallest absolute Gasteiger partial charge is 0.327 e. The molecule has 1 unspecified atom stereocenters. The summed E-state index contributed by atoms with van der Waals surface area (Å²) in [7, 11) is 0. The molecule has 1 nitrogen and oxygen atoms in total. The first-order valence-electron chi connectivity index (χ1n) is 5.08. The Morgan fingerprint density at radius 1 is 1.24 bits per heavy atom. The van der Waals surface area contributed by atoms with Gasteiger partial charge in [0.05, 0.1) is 0 Å². The van der Waals surface area contributed by atoms with Gasteiger partial charge in [-0.15, -0.1) is 11.8 Å². The number of hydrogen-bond acceptors (Lipinski definition) is 2. The van der Waals surface area contributed by atoms with Gasteiger partial charge in [0.1, 0.15) is 5.82 Å². The molecular weight excluding hydrogens is 254 g/mol. The number of halogens is 4. The quantitative estimate of drug-likeness (QED) is 0.651. The van der Waals surface area contributed by atoms with Crippen molar-refractivity contribution in [3.8, 4) is 0 Å². The van der Waals surface area contributed by atoms with E-state index in [2.05, 4.69) is 0 Å². The van der Waals surface area contributed by atoms with E-state index >= 15 is 0 Å². The molecule has 0 heterocycles. The van der Waals surface area contributed by atoms with Crippen molar-refractivity contribution < 1.29 is 17.6 Å². The summed E-state index contributed by atoms with van der Waals surface area (Å²) in [5.74, 6) is -0.0997. The predicted molar refractivity (Wildman–Crippen MR) is 60.4 cm³/mol. The lowest BCUT2D eigenvalue weighted by Gasteiger charge is -2.12. The van der Waals surface area contributed by atoms with Crippen molar-refractivity contribution in [3.05, 3.63) is 30.1 Å². The highest BCUT2D eigenvalue weighted by atomic mass is 32.2. The average Bonchev–Trinajstić information content (AvgIpc) is 2.24. The molecule has 17 heavy (non-hydrogen) atoms. The highest BCUT2D eigenvalue weighted by Crippen LogP contribution is 2.25. The molecule has 0 saturated heterocycles. The van der Waals surface area contributed by atoms with Crippen molar-refractivity contribution in [3.63, 3.8) is 0 Å². The zero-order chi connectivity index (χ0) is 12.9. The summed E-state index contributed by atoms with van der Waals surface area (Å²) in [5, 5.41) is 0. The third-order valence-electron chi connectivity index (χ3n) is 2.09. The molecule has 0 amide bonds. The van der Waals surface area contributed by atoms with Crippen molar-refractivity contribution in [2.75, 3.05) is 5.75 Å². The standard InChI is InChI=1S/C11H13F4NS/c12-9-3-1-2-4-10(9)17-7-8(16)5-6-11(13,14)15/h1-4,8H,5-7,16H2. The second-order valence-electron chi connectivity index (χ2n) is 3.66. The summed E-state index contributed by atoms with van der Waals surface area (Å²) in [6.45, 7) is 0. The van der Waals surface area contributed by atoms with Crippen LogP contribution in [0, 0.1) is 5.82 Å². The van der Waals surface area contributed by atoms with Gasteiger partial charge in [-0.25, -0.2) is 4.39 Å². The number of benzene rings is 1. The molecule has 0 aromatic heterocycles. The fourth-order valence-corrected chi connectivity index (χ4v) is 2.13. The number of alkyl halides is 3. The van der Waals surface area contributed by atoms with E-state index in [1.165, 1.54) is 6.07 Å². The molecular formula is C11H13F4NS. The van der Waals surface area contributed by atoms with Crippen molar-refractivity contribution in [2.45, 2.75) is 30.0 Å². The number of hydrogen-bond donors (Lipinski definition) is 1. The zero-order valence-electron chi connectivity index (χ0n) is 9.01. The van der Waals surface area contributed by atoms with E-state index in [1.807, 2.05) is 0 Å². The van der Waals surface area contributed by atoms with Crippen LogP contribution < -0.4 is 5.73 Å². The molecule has 0 spiro atoms. The summed E-state index contributed by atoms with van der Waals surface area (Å²) in [6, 6.07) is 5.54. The van der Waals surface area contributed by atoms with E-state index in [0.717, 1.165) is 11.8 Å². The van der Waals surface area contributed by atoms with Crippen molar-refractivity contribution in [1.82, 2.24) is 0 Å². The topological polar surface area (TPSA) is 26.0 Å². The van der Waals surface area contributed by atoms with Crippen LogP contribution in [-0.4, -0.2) is 18.0 Å². The van der Waals surface area contributed by atoms with Crippen LogP contribution in [0.2, 0.25) is 0 Å². The lowest BCUT2D eigenvalue weighted by molar-refractivity contribution is -0.136. The van der Waals surface area contributed by atoms with Gasteiger partial charge in [0.25, 0.3) is 0 Å². The molecule has 1 atom stereocenters. The minimum absolute atomic E-state index is 0.134. The zero-order valence-corrected chi connectivity index (χ0v) is 9.82. The van der Waals surface area contributed by atoms with Crippen LogP contribution in [0.5, 0.6) is 0 Å². The molecule has 0 fully saturated rings. The molecule has 0 bridgehead atoms. The van der Waals surface area contributed by atoms with Gasteiger partial charge in [0.15, 0.2) is 0 Å². The number of thioether (sulfide) groups is 1. The monoisotopic (exact) mass is 267 g/mol. The van der Waals surface area contributed by atoms with Gasteiger partial charge >= 0.3 is 6.18 Å². The Kier molecular flexibility index (Phi) is 5.27. The number of nitrogens with two attached hydrogens (primary N) is 1.